The highest BCUT2D eigenvalue weighted by atomic mass is 15.0. The van der Waals surface area contributed by atoms with Gasteiger partial charge in [-0.2, -0.15) is 0 Å². The van der Waals surface area contributed by atoms with Crippen molar-refractivity contribution in [3.05, 3.63) is 163 Å². The Hall–Kier alpha value is -5.93. The van der Waals surface area contributed by atoms with Gasteiger partial charge < -0.3 is 0 Å². The molecule has 0 radical (unpaired) electrons. The van der Waals surface area contributed by atoms with E-state index in [-0.39, 0.29) is 5.41 Å². The average Bonchev–Trinajstić information content (AvgIpc) is 3.36. The van der Waals surface area contributed by atoms with E-state index < -0.39 is 0 Å². The highest BCUT2D eigenvalue weighted by Crippen LogP contribution is 2.49. The Kier molecular flexibility index (Phi) is 6.16. The van der Waals surface area contributed by atoms with Crippen molar-refractivity contribution in [3.8, 4) is 56.4 Å². The molecular weight excluding hydrogens is 571 g/mol. The van der Waals surface area contributed by atoms with E-state index in [1.807, 2.05) is 0 Å². The van der Waals surface area contributed by atoms with E-state index in [0.29, 0.717) is 17.5 Å². The van der Waals surface area contributed by atoms with Crippen LogP contribution in [0.4, 0.5) is 0 Å². The van der Waals surface area contributed by atoms with Crippen molar-refractivity contribution in [1.82, 2.24) is 15.0 Å². The van der Waals surface area contributed by atoms with Crippen molar-refractivity contribution in [2.75, 3.05) is 0 Å². The molecule has 7 aromatic carbocycles. The topological polar surface area (TPSA) is 38.7 Å². The van der Waals surface area contributed by atoms with Crippen LogP contribution < -0.4 is 0 Å². The Morgan fingerprint density at radius 2 is 0.830 bits per heavy atom. The van der Waals surface area contributed by atoms with Crippen molar-refractivity contribution < 1.29 is 0 Å². The smallest absolute Gasteiger partial charge is 0.164 e. The maximum Gasteiger partial charge on any atom is 0.164 e. The fraction of sp³-hybridized carbons (Fsp3) is 0.0682. The molecule has 0 atom stereocenters. The molecule has 0 saturated carbocycles. The van der Waals surface area contributed by atoms with E-state index in [0.717, 1.165) is 38.2 Å². The number of fused-ring (bicyclic) bond motifs is 5. The number of aromatic nitrogens is 3. The van der Waals surface area contributed by atoms with Gasteiger partial charge in [-0.25, -0.2) is 15.0 Å². The molecule has 0 spiro atoms. The fourth-order valence-corrected chi connectivity index (χ4v) is 7.28. The Bertz CT molecular complexity index is 2380. The summed E-state index contributed by atoms with van der Waals surface area (Å²) in [5, 5.41) is 4.55. The molecule has 1 aromatic heterocycles. The maximum absolute atomic E-state index is 5.11. The molecule has 222 valence electrons. The van der Waals surface area contributed by atoms with E-state index in [1.165, 1.54) is 33.4 Å². The summed E-state index contributed by atoms with van der Waals surface area (Å²) >= 11 is 0. The lowest BCUT2D eigenvalue weighted by molar-refractivity contribution is 0.660. The van der Waals surface area contributed by atoms with Crippen LogP contribution >= 0.6 is 0 Å². The summed E-state index contributed by atoms with van der Waals surface area (Å²) in [7, 11) is 0. The fourth-order valence-electron chi connectivity index (χ4n) is 7.28. The van der Waals surface area contributed by atoms with Gasteiger partial charge in [-0.1, -0.05) is 159 Å². The number of nitrogens with zero attached hydrogens (tertiary/aromatic N) is 3. The standard InChI is InChI=1S/C44H31N3/c1-44(2)39-20-8-7-17-35(39)36-26-25-32(27-40(36)44)28-21-23-31(24-22-28)41-45-42(37-18-9-13-29-11-3-5-15-33(29)37)47-43(46-41)38-19-10-14-30-12-4-6-16-34(30)38/h3-27H,1-2H3. The summed E-state index contributed by atoms with van der Waals surface area (Å²) < 4.78 is 0. The predicted molar refractivity (Wildman–Crippen MR) is 194 cm³/mol. The van der Waals surface area contributed by atoms with E-state index in [9.17, 15) is 0 Å². The van der Waals surface area contributed by atoms with Crippen LogP contribution in [-0.2, 0) is 5.41 Å². The molecule has 9 rings (SSSR count). The predicted octanol–water partition coefficient (Wildman–Crippen LogP) is 11.2. The van der Waals surface area contributed by atoms with Crippen molar-refractivity contribution in [2.24, 2.45) is 0 Å². The van der Waals surface area contributed by atoms with Crippen LogP contribution in [0.2, 0.25) is 0 Å². The Labute approximate surface area is 274 Å². The second-order valence-corrected chi connectivity index (χ2v) is 12.9. The summed E-state index contributed by atoms with van der Waals surface area (Å²) in [6.45, 7) is 4.65. The van der Waals surface area contributed by atoms with Crippen LogP contribution in [0.5, 0.6) is 0 Å². The normalized spacial score (nSPS) is 13.1. The van der Waals surface area contributed by atoms with Gasteiger partial charge in [0, 0.05) is 22.1 Å². The molecule has 0 unspecified atom stereocenters. The zero-order valence-corrected chi connectivity index (χ0v) is 26.3. The van der Waals surface area contributed by atoms with E-state index >= 15 is 0 Å². The third-order valence-electron chi connectivity index (χ3n) is 9.76. The number of hydrogen-bond acceptors (Lipinski definition) is 3. The molecule has 3 heteroatoms. The monoisotopic (exact) mass is 601 g/mol. The first kappa shape index (κ1) is 27.4. The van der Waals surface area contributed by atoms with Crippen molar-refractivity contribution >= 4 is 21.5 Å². The summed E-state index contributed by atoms with van der Waals surface area (Å²) in [5.74, 6) is 1.99. The van der Waals surface area contributed by atoms with Crippen LogP contribution in [0, 0.1) is 0 Å². The van der Waals surface area contributed by atoms with E-state index in [1.54, 1.807) is 0 Å². The minimum Gasteiger partial charge on any atom is -0.208 e. The number of hydrogen-bond donors (Lipinski definition) is 0. The molecule has 1 aliphatic rings. The minimum atomic E-state index is -0.0389. The summed E-state index contributed by atoms with van der Waals surface area (Å²) in [6, 6.07) is 53.7. The molecule has 0 fully saturated rings. The zero-order valence-electron chi connectivity index (χ0n) is 26.3. The van der Waals surface area contributed by atoms with Crippen molar-refractivity contribution in [2.45, 2.75) is 19.3 Å². The molecular formula is C44H31N3. The third kappa shape index (κ3) is 4.46. The van der Waals surface area contributed by atoms with Crippen molar-refractivity contribution in [3.63, 3.8) is 0 Å². The molecule has 0 aliphatic heterocycles. The summed E-state index contributed by atoms with van der Waals surface area (Å²) in [4.78, 5) is 15.3. The van der Waals surface area contributed by atoms with Crippen LogP contribution in [0.15, 0.2) is 152 Å². The summed E-state index contributed by atoms with van der Waals surface area (Å²) in [6.07, 6.45) is 0. The Morgan fingerprint density at radius 1 is 0.362 bits per heavy atom. The molecule has 1 aliphatic carbocycles. The first-order valence-corrected chi connectivity index (χ1v) is 16.1. The SMILES string of the molecule is CC1(C)c2ccccc2-c2ccc(-c3ccc(-c4nc(-c5cccc6ccccc56)nc(-c5cccc6ccccc56)n4)cc3)cc21. The first-order chi connectivity index (χ1) is 23.0. The molecule has 1 heterocycles. The lowest BCUT2D eigenvalue weighted by Gasteiger charge is -2.22. The van der Waals surface area contributed by atoms with E-state index in [4.69, 9.17) is 15.0 Å². The van der Waals surface area contributed by atoms with Gasteiger partial charge in [-0.15, -0.1) is 0 Å². The largest absolute Gasteiger partial charge is 0.208 e. The number of rotatable bonds is 4. The lowest BCUT2D eigenvalue weighted by atomic mass is 9.81. The summed E-state index contributed by atoms with van der Waals surface area (Å²) in [5.41, 5.74) is 10.7. The Balaban J connectivity index is 1.17. The van der Waals surface area contributed by atoms with Gasteiger partial charge in [0.15, 0.2) is 17.5 Å². The van der Waals surface area contributed by atoms with Crippen molar-refractivity contribution in [1.29, 1.82) is 0 Å². The second-order valence-electron chi connectivity index (χ2n) is 12.9. The molecule has 0 bridgehead atoms. The molecule has 47 heavy (non-hydrogen) atoms. The van der Waals surface area contributed by atoms with Gasteiger partial charge in [-0.05, 0) is 61.0 Å². The highest BCUT2D eigenvalue weighted by molar-refractivity contribution is 5.97. The molecule has 3 nitrogen and oxygen atoms in total. The minimum absolute atomic E-state index is 0.0389. The molecule has 0 saturated heterocycles. The molecule has 8 aromatic rings. The average molecular weight is 602 g/mol. The van der Waals surface area contributed by atoms with Gasteiger partial charge in [0.1, 0.15) is 0 Å². The molecule has 0 amide bonds. The van der Waals surface area contributed by atoms with Gasteiger partial charge in [0.2, 0.25) is 0 Å². The zero-order chi connectivity index (χ0) is 31.5. The van der Waals surface area contributed by atoms with Crippen LogP contribution in [0.25, 0.3) is 78.0 Å². The quantitative estimate of drug-likeness (QED) is 0.201. The number of benzene rings is 7. The Morgan fingerprint density at radius 3 is 1.49 bits per heavy atom. The van der Waals surface area contributed by atoms with Crippen LogP contribution in [-0.4, -0.2) is 15.0 Å². The van der Waals surface area contributed by atoms with Gasteiger partial charge in [0.05, 0.1) is 0 Å². The van der Waals surface area contributed by atoms with Crippen LogP contribution in [0.1, 0.15) is 25.0 Å². The lowest BCUT2D eigenvalue weighted by Crippen LogP contribution is -2.14. The van der Waals surface area contributed by atoms with E-state index in [2.05, 4.69) is 166 Å². The van der Waals surface area contributed by atoms with Gasteiger partial charge in [-0.3, -0.25) is 0 Å². The van der Waals surface area contributed by atoms with Gasteiger partial charge >= 0.3 is 0 Å². The second kappa shape index (κ2) is 10.6. The maximum atomic E-state index is 5.11. The van der Waals surface area contributed by atoms with Crippen LogP contribution in [0.3, 0.4) is 0 Å². The van der Waals surface area contributed by atoms with Gasteiger partial charge in [0.25, 0.3) is 0 Å². The first-order valence-electron chi connectivity index (χ1n) is 16.1. The third-order valence-corrected chi connectivity index (χ3v) is 9.76. The highest BCUT2D eigenvalue weighted by Gasteiger charge is 2.35. The molecule has 0 N–H and O–H groups in total.